The maximum atomic E-state index is 13.2. The Kier molecular flexibility index (Phi) is 4.56. The molecule has 2 aromatic heterocycles. The summed E-state index contributed by atoms with van der Waals surface area (Å²) in [6.45, 7) is 1.59. The summed E-state index contributed by atoms with van der Waals surface area (Å²) in [6.07, 6.45) is 10.5. The second-order valence-corrected chi connectivity index (χ2v) is 6.89. The first-order valence-corrected chi connectivity index (χ1v) is 9.07. The lowest BCUT2D eigenvalue weighted by Gasteiger charge is -2.33. The average Bonchev–Trinajstić information content (AvgIpc) is 3.34. The summed E-state index contributed by atoms with van der Waals surface area (Å²) in [5.41, 5.74) is 1.53. The number of carbonyl (C=O) groups excluding carboxylic acids is 1. The molecule has 1 atom stereocenters. The Labute approximate surface area is 153 Å². The Balaban J connectivity index is 1.53. The van der Waals surface area contributed by atoms with Gasteiger partial charge in [0.05, 0.1) is 11.3 Å². The molecule has 26 heavy (non-hydrogen) atoms. The van der Waals surface area contributed by atoms with Crippen molar-refractivity contribution in [2.24, 2.45) is 13.0 Å². The maximum absolute atomic E-state index is 13.2. The van der Waals surface area contributed by atoms with Crippen LogP contribution in [0.25, 0.3) is 5.69 Å². The third kappa shape index (κ3) is 3.27. The summed E-state index contributed by atoms with van der Waals surface area (Å²) < 4.78 is 3.82. The molecule has 1 aliphatic rings. The molecule has 6 heteroatoms. The first-order valence-electron chi connectivity index (χ1n) is 9.07. The van der Waals surface area contributed by atoms with Gasteiger partial charge in [0.15, 0.2) is 0 Å². The van der Waals surface area contributed by atoms with Gasteiger partial charge in [-0.25, -0.2) is 9.67 Å². The lowest BCUT2D eigenvalue weighted by atomic mass is 9.94. The number of piperidine rings is 1. The van der Waals surface area contributed by atoms with E-state index in [9.17, 15) is 4.79 Å². The molecule has 0 spiro atoms. The number of likely N-dealkylation sites (tertiary alicyclic amines) is 1. The number of imidazole rings is 1. The van der Waals surface area contributed by atoms with E-state index in [1.165, 1.54) is 0 Å². The van der Waals surface area contributed by atoms with E-state index >= 15 is 0 Å². The summed E-state index contributed by atoms with van der Waals surface area (Å²) >= 11 is 0. The van der Waals surface area contributed by atoms with Crippen LogP contribution in [0, 0.1) is 5.92 Å². The minimum Gasteiger partial charge on any atom is -0.338 e. The topological polar surface area (TPSA) is 56.0 Å². The first-order chi connectivity index (χ1) is 12.7. The van der Waals surface area contributed by atoms with E-state index in [0.29, 0.717) is 11.5 Å². The molecule has 4 rings (SSSR count). The molecule has 1 amide bonds. The van der Waals surface area contributed by atoms with Crippen molar-refractivity contribution in [2.75, 3.05) is 13.1 Å². The molecular weight excluding hydrogens is 326 g/mol. The zero-order valence-corrected chi connectivity index (χ0v) is 15.0. The molecule has 0 saturated carbocycles. The Morgan fingerprint density at radius 3 is 2.85 bits per heavy atom. The molecule has 134 valence electrons. The number of nitrogens with zero attached hydrogens (tertiary/aromatic N) is 5. The Hall–Kier alpha value is -2.89. The highest BCUT2D eigenvalue weighted by Crippen LogP contribution is 2.23. The zero-order valence-electron chi connectivity index (χ0n) is 15.0. The minimum absolute atomic E-state index is 0.0839. The Morgan fingerprint density at radius 1 is 1.19 bits per heavy atom. The van der Waals surface area contributed by atoms with Gasteiger partial charge in [0.1, 0.15) is 5.82 Å². The summed E-state index contributed by atoms with van der Waals surface area (Å²) in [7, 11) is 2.02. The fourth-order valence-electron chi connectivity index (χ4n) is 3.70. The van der Waals surface area contributed by atoms with Crippen molar-refractivity contribution in [1.82, 2.24) is 24.2 Å². The van der Waals surface area contributed by atoms with E-state index in [1.807, 2.05) is 60.9 Å². The lowest BCUT2D eigenvalue weighted by Crippen LogP contribution is -2.41. The highest BCUT2D eigenvalue weighted by Gasteiger charge is 2.27. The van der Waals surface area contributed by atoms with Crippen molar-refractivity contribution >= 4 is 5.91 Å². The summed E-state index contributed by atoms with van der Waals surface area (Å²) in [4.78, 5) is 19.6. The van der Waals surface area contributed by atoms with Gasteiger partial charge in [-0.05, 0) is 37.0 Å². The van der Waals surface area contributed by atoms with Crippen LogP contribution in [-0.4, -0.2) is 43.2 Å². The maximum Gasteiger partial charge on any atom is 0.256 e. The second kappa shape index (κ2) is 7.15. The van der Waals surface area contributed by atoms with E-state index in [-0.39, 0.29) is 5.91 Å². The molecule has 1 saturated heterocycles. The molecule has 0 unspecified atom stereocenters. The smallest absolute Gasteiger partial charge is 0.256 e. The van der Waals surface area contributed by atoms with Gasteiger partial charge >= 0.3 is 0 Å². The number of hydrogen-bond acceptors (Lipinski definition) is 3. The van der Waals surface area contributed by atoms with Gasteiger partial charge in [-0.3, -0.25) is 4.79 Å². The number of aromatic nitrogens is 4. The van der Waals surface area contributed by atoms with Gasteiger partial charge in [0, 0.05) is 51.3 Å². The van der Waals surface area contributed by atoms with E-state index in [4.69, 9.17) is 0 Å². The molecule has 6 nitrogen and oxygen atoms in total. The van der Waals surface area contributed by atoms with Crippen molar-refractivity contribution in [3.05, 3.63) is 66.5 Å². The third-order valence-corrected chi connectivity index (χ3v) is 5.08. The van der Waals surface area contributed by atoms with Crippen LogP contribution >= 0.6 is 0 Å². The molecule has 0 aliphatic carbocycles. The molecule has 1 aromatic carbocycles. The highest BCUT2D eigenvalue weighted by atomic mass is 16.2. The van der Waals surface area contributed by atoms with Crippen LogP contribution in [0.5, 0.6) is 0 Å². The van der Waals surface area contributed by atoms with Gasteiger partial charge in [-0.15, -0.1) is 0 Å². The Bertz CT molecular complexity index is 883. The van der Waals surface area contributed by atoms with Crippen molar-refractivity contribution in [2.45, 2.75) is 19.3 Å². The molecule has 0 N–H and O–H groups in total. The number of aryl methyl sites for hydroxylation is 1. The fraction of sp³-hybridized carbons (Fsp3) is 0.350. The molecule has 0 radical (unpaired) electrons. The molecule has 3 heterocycles. The summed E-state index contributed by atoms with van der Waals surface area (Å²) in [6, 6.07) is 9.55. The number of hydrogen-bond donors (Lipinski definition) is 0. The quantitative estimate of drug-likeness (QED) is 0.728. The number of para-hydroxylation sites is 1. The van der Waals surface area contributed by atoms with Gasteiger partial charge in [-0.2, -0.15) is 5.10 Å². The van der Waals surface area contributed by atoms with E-state index in [2.05, 4.69) is 14.6 Å². The number of amides is 1. The van der Waals surface area contributed by atoms with Crippen molar-refractivity contribution in [3.8, 4) is 5.69 Å². The molecule has 1 fully saturated rings. The van der Waals surface area contributed by atoms with Crippen molar-refractivity contribution in [3.63, 3.8) is 0 Å². The van der Waals surface area contributed by atoms with Crippen molar-refractivity contribution < 1.29 is 4.79 Å². The summed E-state index contributed by atoms with van der Waals surface area (Å²) in [5.74, 6) is 1.62. The molecule has 3 aromatic rings. The largest absolute Gasteiger partial charge is 0.338 e. The normalized spacial score (nSPS) is 17.4. The zero-order chi connectivity index (χ0) is 17.9. The minimum atomic E-state index is 0.0839. The number of benzene rings is 1. The molecule has 1 aliphatic heterocycles. The van der Waals surface area contributed by atoms with Gasteiger partial charge in [0.2, 0.25) is 0 Å². The number of carbonyl (C=O) groups is 1. The highest BCUT2D eigenvalue weighted by molar-refractivity contribution is 5.97. The van der Waals surface area contributed by atoms with Gasteiger partial charge < -0.3 is 9.47 Å². The fourth-order valence-corrected chi connectivity index (χ4v) is 3.70. The molecular formula is C20H23N5O. The first kappa shape index (κ1) is 16.6. The third-order valence-electron chi connectivity index (χ3n) is 5.08. The number of rotatable bonds is 4. The Morgan fingerprint density at radius 2 is 2.08 bits per heavy atom. The summed E-state index contributed by atoms with van der Waals surface area (Å²) in [5, 5.41) is 4.28. The monoisotopic (exact) mass is 349 g/mol. The predicted molar refractivity (Wildman–Crippen MR) is 99.1 cm³/mol. The second-order valence-electron chi connectivity index (χ2n) is 6.89. The van der Waals surface area contributed by atoms with Crippen LogP contribution in [0.4, 0.5) is 0 Å². The van der Waals surface area contributed by atoms with E-state index < -0.39 is 0 Å². The average molecular weight is 349 g/mol. The van der Waals surface area contributed by atoms with Gasteiger partial charge in [-0.1, -0.05) is 12.1 Å². The SMILES string of the molecule is Cn1ccnc1C[C@H]1CCCN(C(=O)c2ccccc2-n2cccn2)C1. The predicted octanol–water partition coefficient (Wildman–Crippen LogP) is 2.70. The van der Waals surface area contributed by atoms with Crippen LogP contribution in [0.3, 0.4) is 0 Å². The van der Waals surface area contributed by atoms with Gasteiger partial charge in [0.25, 0.3) is 5.91 Å². The van der Waals surface area contributed by atoms with Crippen LogP contribution < -0.4 is 0 Å². The van der Waals surface area contributed by atoms with E-state index in [1.54, 1.807) is 10.9 Å². The van der Waals surface area contributed by atoms with E-state index in [0.717, 1.165) is 43.9 Å². The van der Waals surface area contributed by atoms with Crippen LogP contribution in [-0.2, 0) is 13.5 Å². The van der Waals surface area contributed by atoms with Crippen LogP contribution in [0.1, 0.15) is 29.0 Å². The van der Waals surface area contributed by atoms with Crippen LogP contribution in [0.2, 0.25) is 0 Å². The molecule has 0 bridgehead atoms. The van der Waals surface area contributed by atoms with Crippen LogP contribution in [0.15, 0.2) is 55.1 Å². The van der Waals surface area contributed by atoms with Crippen molar-refractivity contribution in [1.29, 1.82) is 0 Å². The lowest BCUT2D eigenvalue weighted by molar-refractivity contribution is 0.0671. The standard InChI is InChI=1S/C20H23N5O/c1-23-13-10-21-19(23)14-16-6-4-11-24(15-16)20(26)17-7-2-3-8-18(17)25-12-5-9-22-25/h2-3,5,7-10,12-13,16H,4,6,11,14-15H2,1H3/t16-/m1/s1.